The Bertz CT molecular complexity index is 496. The number of hydrogen-bond donors (Lipinski definition) is 2. The van der Waals surface area contributed by atoms with Crippen molar-refractivity contribution < 1.29 is 14.7 Å². The van der Waals surface area contributed by atoms with Crippen LogP contribution in [0.15, 0.2) is 18.2 Å². The zero-order valence-electron chi connectivity index (χ0n) is 11.1. The van der Waals surface area contributed by atoms with Crippen LogP contribution in [0.2, 0.25) is 0 Å². The Balaban J connectivity index is 2.12. The third kappa shape index (κ3) is 3.56. The van der Waals surface area contributed by atoms with Gasteiger partial charge in [-0.05, 0) is 42.4 Å². The largest absolute Gasteiger partial charge is 0.480 e. The van der Waals surface area contributed by atoms with Gasteiger partial charge in [0, 0.05) is 13.3 Å². The van der Waals surface area contributed by atoms with Crippen LogP contribution in [-0.4, -0.2) is 23.0 Å². The monoisotopic (exact) mass is 261 g/mol. The van der Waals surface area contributed by atoms with Gasteiger partial charge >= 0.3 is 5.97 Å². The molecule has 102 valence electrons. The molecule has 0 saturated heterocycles. The van der Waals surface area contributed by atoms with E-state index in [2.05, 4.69) is 17.4 Å². The van der Waals surface area contributed by atoms with Crippen molar-refractivity contribution in [1.82, 2.24) is 5.32 Å². The smallest absolute Gasteiger partial charge is 0.326 e. The summed E-state index contributed by atoms with van der Waals surface area (Å²) in [7, 11) is 0. The molecule has 0 aliphatic heterocycles. The number of carboxylic acids is 1. The van der Waals surface area contributed by atoms with Gasteiger partial charge in [0.1, 0.15) is 6.04 Å². The van der Waals surface area contributed by atoms with Crippen LogP contribution in [0, 0.1) is 0 Å². The molecule has 1 unspecified atom stereocenters. The molecule has 0 fully saturated rings. The third-order valence-corrected chi connectivity index (χ3v) is 3.53. The van der Waals surface area contributed by atoms with Crippen LogP contribution in [0.25, 0.3) is 0 Å². The molecule has 1 aliphatic carbocycles. The van der Waals surface area contributed by atoms with E-state index in [4.69, 9.17) is 5.11 Å². The maximum absolute atomic E-state index is 11.1. The van der Waals surface area contributed by atoms with Gasteiger partial charge in [-0.3, -0.25) is 4.79 Å². The number of rotatable bonds is 4. The van der Waals surface area contributed by atoms with Gasteiger partial charge in [-0.2, -0.15) is 0 Å². The molecule has 1 atom stereocenters. The Morgan fingerprint density at radius 3 is 2.58 bits per heavy atom. The quantitative estimate of drug-likeness (QED) is 0.867. The second kappa shape index (κ2) is 5.87. The van der Waals surface area contributed by atoms with E-state index in [0.717, 1.165) is 18.4 Å². The van der Waals surface area contributed by atoms with Crippen molar-refractivity contribution in [1.29, 1.82) is 0 Å². The first-order valence-corrected chi connectivity index (χ1v) is 6.67. The molecule has 0 spiro atoms. The van der Waals surface area contributed by atoms with E-state index in [-0.39, 0.29) is 5.91 Å². The summed E-state index contributed by atoms with van der Waals surface area (Å²) in [6, 6.07) is 5.31. The van der Waals surface area contributed by atoms with Crippen molar-refractivity contribution in [3.05, 3.63) is 34.9 Å². The topological polar surface area (TPSA) is 66.4 Å². The van der Waals surface area contributed by atoms with Crippen LogP contribution in [0.4, 0.5) is 0 Å². The molecule has 2 N–H and O–H groups in total. The predicted octanol–water partition coefficient (Wildman–Crippen LogP) is 1.70. The van der Waals surface area contributed by atoms with Gasteiger partial charge in [0.05, 0.1) is 0 Å². The van der Waals surface area contributed by atoms with E-state index in [1.54, 1.807) is 0 Å². The van der Waals surface area contributed by atoms with Gasteiger partial charge in [0.15, 0.2) is 0 Å². The van der Waals surface area contributed by atoms with Crippen molar-refractivity contribution >= 4 is 11.9 Å². The summed E-state index contributed by atoms with van der Waals surface area (Å²) in [5.41, 5.74) is 3.68. The summed E-state index contributed by atoms with van der Waals surface area (Å²) in [4.78, 5) is 22.1. The van der Waals surface area contributed by atoms with Gasteiger partial charge in [0.2, 0.25) is 5.91 Å². The van der Waals surface area contributed by atoms with Crippen molar-refractivity contribution in [2.75, 3.05) is 0 Å². The fourth-order valence-electron chi connectivity index (χ4n) is 2.59. The molecule has 4 nitrogen and oxygen atoms in total. The fraction of sp³-hybridized carbons (Fsp3) is 0.467. The van der Waals surface area contributed by atoms with E-state index in [1.165, 1.54) is 30.9 Å². The van der Waals surface area contributed by atoms with Crippen molar-refractivity contribution in [2.24, 2.45) is 0 Å². The van der Waals surface area contributed by atoms with Crippen molar-refractivity contribution in [3.63, 3.8) is 0 Å². The van der Waals surface area contributed by atoms with Crippen LogP contribution in [0.5, 0.6) is 0 Å². The Morgan fingerprint density at radius 1 is 1.26 bits per heavy atom. The van der Waals surface area contributed by atoms with Gasteiger partial charge < -0.3 is 10.4 Å². The highest BCUT2D eigenvalue weighted by atomic mass is 16.4. The molecular formula is C15H19NO3. The van der Waals surface area contributed by atoms with Gasteiger partial charge in [-0.15, -0.1) is 0 Å². The summed E-state index contributed by atoms with van der Waals surface area (Å²) in [5.74, 6) is -1.31. The van der Waals surface area contributed by atoms with Gasteiger partial charge in [-0.25, -0.2) is 4.79 Å². The summed E-state index contributed by atoms with van der Waals surface area (Å²) in [6.45, 7) is 1.34. The lowest BCUT2D eigenvalue weighted by atomic mass is 9.89. The molecule has 0 aromatic heterocycles. The summed E-state index contributed by atoms with van der Waals surface area (Å²) in [6.07, 6.45) is 4.95. The second-order valence-electron chi connectivity index (χ2n) is 5.11. The molecule has 2 rings (SSSR count). The number of carbonyl (C=O) groups excluding carboxylic acids is 1. The Kier molecular flexibility index (Phi) is 4.20. The zero-order chi connectivity index (χ0) is 13.8. The van der Waals surface area contributed by atoms with Crippen LogP contribution in [-0.2, 0) is 28.9 Å². The van der Waals surface area contributed by atoms with Crippen LogP contribution in [0.1, 0.15) is 36.5 Å². The van der Waals surface area contributed by atoms with E-state index in [9.17, 15) is 9.59 Å². The minimum atomic E-state index is -0.993. The average molecular weight is 261 g/mol. The van der Waals surface area contributed by atoms with E-state index in [0.29, 0.717) is 6.42 Å². The van der Waals surface area contributed by atoms with Crippen molar-refractivity contribution in [3.8, 4) is 0 Å². The number of nitrogens with one attached hydrogen (secondary N) is 1. The highest BCUT2D eigenvalue weighted by molar-refractivity contribution is 5.82. The number of aryl methyl sites for hydroxylation is 2. The molecule has 0 heterocycles. The summed E-state index contributed by atoms with van der Waals surface area (Å²) >= 11 is 0. The minimum Gasteiger partial charge on any atom is -0.480 e. The summed E-state index contributed by atoms with van der Waals surface area (Å²) < 4.78 is 0. The number of amides is 1. The Labute approximate surface area is 112 Å². The first-order chi connectivity index (χ1) is 9.06. The highest BCUT2D eigenvalue weighted by Crippen LogP contribution is 2.22. The van der Waals surface area contributed by atoms with Gasteiger partial charge in [-0.1, -0.05) is 18.2 Å². The number of benzene rings is 1. The number of hydrogen-bond acceptors (Lipinski definition) is 2. The molecule has 0 bridgehead atoms. The normalized spacial score (nSPS) is 15.4. The lowest BCUT2D eigenvalue weighted by molar-refractivity contribution is -0.141. The first kappa shape index (κ1) is 13.6. The van der Waals surface area contributed by atoms with Crippen LogP contribution in [0.3, 0.4) is 0 Å². The summed E-state index contributed by atoms with van der Waals surface area (Å²) in [5, 5.41) is 11.6. The number of fused-ring (bicyclic) bond motifs is 1. The van der Waals surface area contributed by atoms with E-state index >= 15 is 0 Å². The van der Waals surface area contributed by atoms with E-state index in [1.807, 2.05) is 6.07 Å². The lowest BCUT2D eigenvalue weighted by Crippen LogP contribution is -2.41. The fourth-order valence-corrected chi connectivity index (χ4v) is 2.59. The standard InChI is InChI=1S/C15H19NO3/c1-10(17)16-14(15(18)19)9-11-6-7-12-4-2-3-5-13(12)8-11/h6-8,14H,2-5,9H2,1H3,(H,16,17)(H,18,19). The molecule has 0 saturated carbocycles. The SMILES string of the molecule is CC(=O)NC(Cc1ccc2c(c1)CCCC2)C(=O)O. The Hall–Kier alpha value is -1.84. The second-order valence-corrected chi connectivity index (χ2v) is 5.11. The molecule has 1 aliphatic rings. The minimum absolute atomic E-state index is 0.314. The number of carboxylic acid groups (broad SMARTS) is 1. The molecule has 1 amide bonds. The lowest BCUT2D eigenvalue weighted by Gasteiger charge is -2.18. The Morgan fingerprint density at radius 2 is 1.95 bits per heavy atom. The predicted molar refractivity (Wildman–Crippen MR) is 72.0 cm³/mol. The maximum atomic E-state index is 11.1. The zero-order valence-corrected chi connectivity index (χ0v) is 11.1. The van der Waals surface area contributed by atoms with Gasteiger partial charge in [0.25, 0.3) is 0 Å². The van der Waals surface area contributed by atoms with E-state index < -0.39 is 12.0 Å². The molecule has 1 aromatic rings. The number of aliphatic carboxylic acids is 1. The van der Waals surface area contributed by atoms with Crippen LogP contribution < -0.4 is 5.32 Å². The molecular weight excluding hydrogens is 242 g/mol. The highest BCUT2D eigenvalue weighted by Gasteiger charge is 2.19. The maximum Gasteiger partial charge on any atom is 0.326 e. The van der Waals surface area contributed by atoms with Crippen LogP contribution >= 0.6 is 0 Å². The average Bonchev–Trinajstić information content (AvgIpc) is 2.37. The molecule has 0 radical (unpaired) electrons. The third-order valence-electron chi connectivity index (χ3n) is 3.53. The molecule has 4 heteroatoms. The molecule has 19 heavy (non-hydrogen) atoms. The first-order valence-electron chi connectivity index (χ1n) is 6.67. The van der Waals surface area contributed by atoms with Crippen molar-refractivity contribution in [2.45, 2.75) is 45.1 Å². The molecule has 1 aromatic carbocycles. The number of carbonyl (C=O) groups is 2.